The summed E-state index contributed by atoms with van der Waals surface area (Å²) in [6.45, 7) is 0. The number of thiophene rings is 1. The number of hydrogen-bond donors (Lipinski definition) is 0. The van der Waals surface area contributed by atoms with E-state index in [2.05, 4.69) is 109 Å². The van der Waals surface area contributed by atoms with Crippen LogP contribution < -0.4 is 0 Å². The lowest BCUT2D eigenvalue weighted by atomic mass is 10.0. The number of fused-ring (bicyclic) bond motifs is 6. The number of hydrogen-bond acceptors (Lipinski definition) is 7. The minimum Gasteiger partial charge on any atom is -0.455 e. The van der Waals surface area contributed by atoms with Gasteiger partial charge >= 0.3 is 0 Å². The fourth-order valence-corrected chi connectivity index (χ4v) is 8.57. The van der Waals surface area contributed by atoms with E-state index in [1.54, 1.807) is 11.3 Å². The number of para-hydroxylation sites is 1. The lowest BCUT2D eigenvalue weighted by Gasteiger charge is -2.09. The van der Waals surface area contributed by atoms with Crippen LogP contribution in [0.15, 0.2) is 180 Å². The third-order valence-electron chi connectivity index (χ3n) is 10.2. The van der Waals surface area contributed by atoms with Crippen molar-refractivity contribution < 1.29 is 4.42 Å². The van der Waals surface area contributed by atoms with Crippen molar-refractivity contribution in [2.24, 2.45) is 0 Å². The first-order chi connectivity index (χ1) is 27.7. The monoisotopic (exact) mass is 735 g/mol. The molecule has 0 aliphatic carbocycles. The molecule has 0 aliphatic rings. The van der Waals surface area contributed by atoms with Crippen molar-refractivity contribution in [1.82, 2.24) is 24.9 Å². The molecule has 0 fully saturated rings. The van der Waals surface area contributed by atoms with E-state index in [9.17, 15) is 0 Å². The zero-order chi connectivity index (χ0) is 37.0. The molecule has 6 nitrogen and oxygen atoms in total. The summed E-state index contributed by atoms with van der Waals surface area (Å²) in [5.41, 5.74) is 10.3. The molecule has 0 N–H and O–H groups in total. The molecule has 0 radical (unpaired) electrons. The predicted octanol–water partition coefficient (Wildman–Crippen LogP) is 12.9. The summed E-state index contributed by atoms with van der Waals surface area (Å²) in [5.74, 6) is 2.55. The van der Waals surface area contributed by atoms with Gasteiger partial charge in [0.05, 0.1) is 15.9 Å². The van der Waals surface area contributed by atoms with Crippen molar-refractivity contribution in [3.63, 3.8) is 0 Å². The van der Waals surface area contributed by atoms with Crippen molar-refractivity contribution in [3.8, 4) is 67.9 Å². The Morgan fingerprint density at radius 1 is 0.375 bits per heavy atom. The third-order valence-corrected chi connectivity index (χ3v) is 11.3. The van der Waals surface area contributed by atoms with E-state index in [-0.39, 0.29) is 0 Å². The molecule has 11 rings (SSSR count). The lowest BCUT2D eigenvalue weighted by Crippen LogP contribution is -2.00. The van der Waals surface area contributed by atoms with Crippen LogP contribution in [0.2, 0.25) is 0 Å². The van der Waals surface area contributed by atoms with Gasteiger partial charge in [-0.15, -0.1) is 11.3 Å². The molecule has 0 saturated heterocycles. The number of nitrogens with zero attached hydrogens (tertiary/aromatic N) is 5. The molecule has 262 valence electrons. The van der Waals surface area contributed by atoms with Crippen LogP contribution in [-0.4, -0.2) is 24.9 Å². The lowest BCUT2D eigenvalue weighted by molar-refractivity contribution is 0.670. The molecular weight excluding hydrogens is 707 g/mol. The van der Waals surface area contributed by atoms with Gasteiger partial charge < -0.3 is 4.42 Å². The van der Waals surface area contributed by atoms with Gasteiger partial charge in [0.25, 0.3) is 0 Å². The number of furan rings is 1. The Morgan fingerprint density at radius 2 is 0.911 bits per heavy atom. The van der Waals surface area contributed by atoms with Gasteiger partial charge in [0, 0.05) is 54.2 Å². The van der Waals surface area contributed by atoms with E-state index in [1.165, 1.54) is 4.70 Å². The summed E-state index contributed by atoms with van der Waals surface area (Å²) in [6.07, 6.45) is 0. The average molecular weight is 736 g/mol. The zero-order valence-electron chi connectivity index (χ0n) is 29.8. The summed E-state index contributed by atoms with van der Waals surface area (Å²) in [5, 5.41) is 3.23. The van der Waals surface area contributed by atoms with Crippen LogP contribution in [-0.2, 0) is 0 Å². The largest absolute Gasteiger partial charge is 0.455 e. The van der Waals surface area contributed by atoms with Crippen molar-refractivity contribution in [1.29, 1.82) is 0 Å². The molecule has 4 heterocycles. The normalized spacial score (nSPS) is 11.6. The smallest absolute Gasteiger partial charge is 0.164 e. The first-order valence-corrected chi connectivity index (χ1v) is 19.2. The Balaban J connectivity index is 0.992. The van der Waals surface area contributed by atoms with E-state index in [1.807, 2.05) is 66.7 Å². The zero-order valence-corrected chi connectivity index (χ0v) is 30.6. The number of rotatable bonds is 6. The second kappa shape index (κ2) is 13.2. The van der Waals surface area contributed by atoms with Crippen LogP contribution in [0.4, 0.5) is 0 Å². The molecule has 4 aromatic heterocycles. The van der Waals surface area contributed by atoms with Gasteiger partial charge in [-0.3, -0.25) is 0 Å². The molecule has 0 aliphatic heterocycles. The average Bonchev–Trinajstić information content (AvgIpc) is 3.85. The van der Waals surface area contributed by atoms with E-state index < -0.39 is 0 Å². The van der Waals surface area contributed by atoms with Crippen molar-refractivity contribution in [2.75, 3.05) is 0 Å². The van der Waals surface area contributed by atoms with Crippen LogP contribution in [0.3, 0.4) is 0 Å². The molecule has 0 unspecified atom stereocenters. The minimum atomic E-state index is 0.616. The van der Waals surface area contributed by atoms with Gasteiger partial charge in [-0.05, 0) is 23.8 Å². The van der Waals surface area contributed by atoms with Gasteiger partial charge in [-0.1, -0.05) is 158 Å². The molecular formula is C49H29N5OS. The highest BCUT2D eigenvalue weighted by Gasteiger charge is 2.19. The van der Waals surface area contributed by atoms with Crippen molar-refractivity contribution in [2.45, 2.75) is 0 Å². The molecule has 0 spiro atoms. The minimum absolute atomic E-state index is 0.616. The number of aromatic nitrogens is 5. The molecule has 0 bridgehead atoms. The molecule has 7 heteroatoms. The first kappa shape index (κ1) is 32.1. The quantitative estimate of drug-likeness (QED) is 0.169. The van der Waals surface area contributed by atoms with Crippen molar-refractivity contribution >= 4 is 53.6 Å². The predicted molar refractivity (Wildman–Crippen MR) is 228 cm³/mol. The maximum absolute atomic E-state index is 6.72. The Hall–Kier alpha value is -7.35. The van der Waals surface area contributed by atoms with Gasteiger partial charge in [0.2, 0.25) is 0 Å². The third kappa shape index (κ3) is 5.52. The van der Waals surface area contributed by atoms with Crippen LogP contribution in [0.5, 0.6) is 0 Å². The van der Waals surface area contributed by atoms with Gasteiger partial charge in [-0.25, -0.2) is 24.9 Å². The number of benzene rings is 7. The van der Waals surface area contributed by atoms with Gasteiger partial charge in [0.15, 0.2) is 23.3 Å². The van der Waals surface area contributed by atoms with E-state index >= 15 is 0 Å². The Kier molecular flexibility index (Phi) is 7.57. The maximum atomic E-state index is 6.72. The molecule has 0 amide bonds. The first-order valence-electron chi connectivity index (χ1n) is 18.4. The Morgan fingerprint density at radius 3 is 1.59 bits per heavy atom. The van der Waals surface area contributed by atoms with Gasteiger partial charge in [0.1, 0.15) is 11.2 Å². The highest BCUT2D eigenvalue weighted by molar-refractivity contribution is 7.26. The van der Waals surface area contributed by atoms with E-state index in [0.717, 1.165) is 82.2 Å². The maximum Gasteiger partial charge on any atom is 0.164 e. The van der Waals surface area contributed by atoms with E-state index in [4.69, 9.17) is 29.3 Å². The summed E-state index contributed by atoms with van der Waals surface area (Å²) < 4.78 is 9.00. The van der Waals surface area contributed by atoms with Crippen LogP contribution >= 0.6 is 11.3 Å². The fraction of sp³-hybridized carbons (Fsp3) is 0. The SMILES string of the molecule is c1ccc(-c2nc(-c3ccccc3)nc(-c3ccc(-c4cccc5c4oc4cc(-c6nc(-c7ccccc7)c7sc8ccccc8c7n6)ccc45)cc3)n2)cc1. The molecule has 0 saturated carbocycles. The second-order valence-electron chi connectivity index (χ2n) is 13.6. The summed E-state index contributed by atoms with van der Waals surface area (Å²) in [4.78, 5) is 25.0. The molecule has 56 heavy (non-hydrogen) atoms. The molecule has 11 aromatic rings. The van der Waals surface area contributed by atoms with Crippen molar-refractivity contribution in [3.05, 3.63) is 176 Å². The second-order valence-corrected chi connectivity index (χ2v) is 14.7. The topological polar surface area (TPSA) is 77.6 Å². The van der Waals surface area contributed by atoms with Crippen LogP contribution in [0.1, 0.15) is 0 Å². The highest BCUT2D eigenvalue weighted by Crippen LogP contribution is 2.41. The van der Waals surface area contributed by atoms with Gasteiger partial charge in [-0.2, -0.15) is 0 Å². The van der Waals surface area contributed by atoms with Crippen LogP contribution in [0.25, 0.3) is 110 Å². The molecule has 7 aromatic carbocycles. The summed E-state index contributed by atoms with van der Waals surface area (Å²) in [6, 6.07) is 59.8. The highest BCUT2D eigenvalue weighted by atomic mass is 32.1. The van der Waals surface area contributed by atoms with E-state index in [0.29, 0.717) is 23.3 Å². The molecule has 0 atom stereocenters. The Bertz CT molecular complexity index is 3180. The van der Waals surface area contributed by atoms with Crippen LogP contribution in [0, 0.1) is 0 Å². The summed E-state index contributed by atoms with van der Waals surface area (Å²) in [7, 11) is 0. The Labute approximate surface area is 325 Å². The fourth-order valence-electron chi connectivity index (χ4n) is 7.41. The summed E-state index contributed by atoms with van der Waals surface area (Å²) >= 11 is 1.74. The standard InChI is InChI=1S/C49H29N5OS/c1-4-13-31(14-5-1)42-45-43(39-19-10-11-22-41(39)56-45)51-49(50-42)35-27-28-37-38-21-12-20-36(44(38)55-40(37)29-35)30-23-25-34(26-24-30)48-53-46(32-15-6-2-7-16-32)52-47(54-48)33-17-8-3-9-18-33/h1-29H.